The lowest BCUT2D eigenvalue weighted by atomic mass is 9.96. The van der Waals surface area contributed by atoms with Crippen LogP contribution in [-0.2, 0) is 33.2 Å². The molecule has 0 aromatic rings. The van der Waals surface area contributed by atoms with Crippen LogP contribution in [0.4, 0.5) is 0 Å². The molecular weight excluding hydrogens is 1170 g/mol. The minimum absolute atomic E-state index is 0.226. The van der Waals surface area contributed by atoms with Crippen molar-refractivity contribution in [1.82, 2.24) is 5.32 Å². The molecule has 19 nitrogen and oxygen atoms in total. The minimum atomic E-state index is -1.99. The Kier molecular flexibility index (Phi) is 47.3. The topological polar surface area (TPSA) is 307 Å². The normalized spacial score (nSPS) is 28.6. The molecule has 3 fully saturated rings. The maximum atomic E-state index is 13.4. The molecule has 19 heteroatoms. The summed E-state index contributed by atoms with van der Waals surface area (Å²) in [7, 11) is 0. The van der Waals surface area contributed by atoms with Gasteiger partial charge in [0.2, 0.25) is 5.91 Å². The van der Waals surface area contributed by atoms with E-state index in [1.165, 1.54) is 83.5 Å². The monoisotopic (exact) mass is 1290 g/mol. The first-order chi connectivity index (χ1) is 44.3. The molecule has 1 amide bonds. The molecule has 0 spiro atoms. The molecule has 3 rings (SSSR count). The molecule has 0 aromatic carbocycles. The van der Waals surface area contributed by atoms with Crippen LogP contribution in [0.3, 0.4) is 0 Å². The van der Waals surface area contributed by atoms with Crippen LogP contribution < -0.4 is 5.32 Å². The Labute approximate surface area is 545 Å². The zero-order valence-electron chi connectivity index (χ0n) is 55.0. The van der Waals surface area contributed by atoms with E-state index in [1.54, 1.807) is 6.08 Å². The molecule has 522 valence electrons. The highest BCUT2D eigenvalue weighted by Gasteiger charge is 2.53. The second kappa shape index (κ2) is 52.7. The average Bonchev–Trinajstić information content (AvgIpc) is 1.05. The summed E-state index contributed by atoms with van der Waals surface area (Å²) in [5, 5.41) is 120. The number of amides is 1. The Bertz CT molecular complexity index is 2070. The van der Waals surface area contributed by atoms with Gasteiger partial charge in [0, 0.05) is 6.42 Å². The molecule has 17 unspecified atom stereocenters. The van der Waals surface area contributed by atoms with Gasteiger partial charge in [0.05, 0.1) is 38.6 Å². The number of carbonyl (C=O) groups is 1. The van der Waals surface area contributed by atoms with Crippen LogP contribution in [0.15, 0.2) is 109 Å². The molecule has 17 atom stereocenters. The molecule has 3 aliphatic heterocycles. The summed E-state index contributed by atoms with van der Waals surface area (Å²) in [4.78, 5) is 13.4. The Morgan fingerprint density at radius 3 is 1.22 bits per heavy atom. The van der Waals surface area contributed by atoms with E-state index in [0.29, 0.717) is 12.8 Å². The number of allylic oxidation sites excluding steroid dienone is 17. The number of unbranched alkanes of at least 4 members (excludes halogenated alkanes) is 19. The number of nitrogens with one attached hydrogen (secondary N) is 1. The fourth-order valence-electron chi connectivity index (χ4n) is 10.9. The van der Waals surface area contributed by atoms with E-state index in [1.807, 2.05) is 6.08 Å². The quantitative estimate of drug-likeness (QED) is 0.0200. The van der Waals surface area contributed by atoms with Crippen molar-refractivity contribution in [3.05, 3.63) is 109 Å². The van der Waals surface area contributed by atoms with Gasteiger partial charge in [0.15, 0.2) is 18.9 Å². The van der Waals surface area contributed by atoms with Crippen LogP contribution in [0.5, 0.6) is 0 Å². The maximum Gasteiger partial charge on any atom is 0.220 e. The Morgan fingerprint density at radius 2 is 0.769 bits per heavy atom. The third-order valence-corrected chi connectivity index (χ3v) is 16.5. The Hall–Kier alpha value is -3.55. The molecular formula is C72H121NO18. The highest BCUT2D eigenvalue weighted by atomic mass is 16.8. The fourth-order valence-corrected chi connectivity index (χ4v) is 10.9. The lowest BCUT2D eigenvalue weighted by molar-refractivity contribution is -0.379. The van der Waals surface area contributed by atoms with E-state index in [2.05, 4.69) is 116 Å². The van der Waals surface area contributed by atoms with Crippen molar-refractivity contribution in [3.63, 3.8) is 0 Å². The molecule has 0 aromatic heterocycles. The molecule has 3 heterocycles. The van der Waals surface area contributed by atoms with Gasteiger partial charge in [0.1, 0.15) is 73.2 Å². The summed E-state index contributed by atoms with van der Waals surface area (Å²) in [5.74, 6) is -0.295. The van der Waals surface area contributed by atoms with E-state index in [-0.39, 0.29) is 18.9 Å². The smallest absolute Gasteiger partial charge is 0.220 e. The minimum Gasteiger partial charge on any atom is -0.394 e. The standard InChI is InChI=1S/C72H121NO18/c1-3-5-7-9-11-13-15-16-17-18-19-20-21-22-23-24-25-26-27-28-29-30-31-32-33-34-35-36-37-38-40-42-44-46-48-50-60(78)73-55(56(77)49-47-45-43-41-39-14-12-10-8-6-4-2)54-86-70-66(84)63(81)68(58(52-75)88-70)91-72-67(85)64(82)69(59(53-76)89-72)90-71-65(83)62(80)61(79)57(51-74)87-71/h5,7-8,10-11,13,16-17,19-20,22-23,25-26,39,41,47,49,55-59,61-72,74-77,79-85H,3-4,6,9,12,14-15,18,21,24,27-38,40,42-46,48,50-54H2,1-2H3,(H,73,78)/b7-5-,10-8+,13-11-,17-16-,20-19-,23-22-,26-25-,41-39+,49-47+. The predicted octanol–water partition coefficient (Wildman–Crippen LogP) is 9.05. The highest BCUT2D eigenvalue weighted by molar-refractivity contribution is 5.76. The van der Waals surface area contributed by atoms with Crippen molar-refractivity contribution in [1.29, 1.82) is 0 Å². The third kappa shape index (κ3) is 34.6. The lowest BCUT2D eigenvalue weighted by Gasteiger charge is -2.48. The first-order valence-corrected chi connectivity index (χ1v) is 34.6. The van der Waals surface area contributed by atoms with Crippen LogP contribution in [-0.4, -0.2) is 193 Å². The van der Waals surface area contributed by atoms with Gasteiger partial charge >= 0.3 is 0 Å². The van der Waals surface area contributed by atoms with E-state index < -0.39 is 124 Å². The van der Waals surface area contributed by atoms with Gasteiger partial charge in [-0.15, -0.1) is 0 Å². The van der Waals surface area contributed by atoms with E-state index in [4.69, 9.17) is 28.4 Å². The summed E-state index contributed by atoms with van der Waals surface area (Å²) in [6.07, 6.45) is 43.9. The van der Waals surface area contributed by atoms with Gasteiger partial charge in [-0.1, -0.05) is 220 Å². The number of rotatable bonds is 51. The molecule has 0 radical (unpaired) electrons. The second-order valence-electron chi connectivity index (χ2n) is 24.2. The van der Waals surface area contributed by atoms with Gasteiger partial charge in [0.25, 0.3) is 0 Å². The summed E-state index contributed by atoms with van der Waals surface area (Å²) < 4.78 is 34.2. The number of ether oxygens (including phenoxy) is 6. The van der Waals surface area contributed by atoms with Crippen molar-refractivity contribution in [2.24, 2.45) is 0 Å². The van der Waals surface area contributed by atoms with Crippen LogP contribution >= 0.6 is 0 Å². The third-order valence-electron chi connectivity index (χ3n) is 16.5. The predicted molar refractivity (Wildman–Crippen MR) is 355 cm³/mol. The number of aliphatic hydroxyl groups is 11. The molecule has 0 aliphatic carbocycles. The average molecular weight is 1290 g/mol. The maximum absolute atomic E-state index is 13.4. The summed E-state index contributed by atoms with van der Waals surface area (Å²) in [6, 6.07) is -1.00. The second-order valence-corrected chi connectivity index (χ2v) is 24.2. The van der Waals surface area contributed by atoms with Gasteiger partial charge in [-0.3, -0.25) is 4.79 Å². The molecule has 12 N–H and O–H groups in total. The Balaban J connectivity index is 1.34. The first kappa shape index (κ1) is 81.7. The van der Waals surface area contributed by atoms with Crippen molar-refractivity contribution < 1.29 is 89.4 Å². The van der Waals surface area contributed by atoms with Crippen molar-refractivity contribution >= 4 is 5.91 Å². The van der Waals surface area contributed by atoms with Crippen LogP contribution in [0, 0.1) is 0 Å². The van der Waals surface area contributed by atoms with E-state index >= 15 is 0 Å². The lowest BCUT2D eigenvalue weighted by Crippen LogP contribution is -2.66. The van der Waals surface area contributed by atoms with E-state index in [9.17, 15) is 61.0 Å². The number of aliphatic hydroxyl groups excluding tert-OH is 11. The number of hydrogen-bond acceptors (Lipinski definition) is 18. The van der Waals surface area contributed by atoms with Crippen LogP contribution in [0.1, 0.15) is 206 Å². The molecule has 0 bridgehead atoms. The summed E-state index contributed by atoms with van der Waals surface area (Å²) in [5.41, 5.74) is 0. The zero-order chi connectivity index (χ0) is 66.1. The van der Waals surface area contributed by atoms with Crippen LogP contribution in [0.2, 0.25) is 0 Å². The molecule has 91 heavy (non-hydrogen) atoms. The molecule has 0 saturated carbocycles. The zero-order valence-corrected chi connectivity index (χ0v) is 55.0. The van der Waals surface area contributed by atoms with Gasteiger partial charge < -0.3 is 89.9 Å². The number of hydrogen-bond donors (Lipinski definition) is 12. The Morgan fingerprint density at radius 1 is 0.407 bits per heavy atom. The fraction of sp³-hybridized carbons (Fsp3) is 0.736. The summed E-state index contributed by atoms with van der Waals surface area (Å²) in [6.45, 7) is 1.49. The largest absolute Gasteiger partial charge is 0.394 e. The SMILES string of the molecule is CC/C=C\C/C=C\C/C=C\C/C=C\C/C=C\C/C=C\CCCCCCCCCCCCCCCCCCC(=O)NC(COC1OC(CO)C(OC2OC(CO)C(OC3OC(CO)C(O)C(O)C3O)C(O)C2O)C(O)C1O)C(O)/C=C/CC/C=C/CC/C=C/CCC. The van der Waals surface area contributed by atoms with Crippen molar-refractivity contribution in [2.45, 2.75) is 311 Å². The van der Waals surface area contributed by atoms with Gasteiger partial charge in [-0.2, -0.15) is 0 Å². The number of carbonyl (C=O) groups excluding carboxylic acids is 1. The van der Waals surface area contributed by atoms with Crippen molar-refractivity contribution in [3.8, 4) is 0 Å². The summed E-state index contributed by atoms with van der Waals surface area (Å²) >= 11 is 0. The molecule has 3 aliphatic rings. The van der Waals surface area contributed by atoms with Gasteiger partial charge in [-0.05, 0) is 89.9 Å². The molecule has 3 saturated heterocycles. The first-order valence-electron chi connectivity index (χ1n) is 34.6. The van der Waals surface area contributed by atoms with Crippen LogP contribution in [0.25, 0.3) is 0 Å². The highest BCUT2D eigenvalue weighted by Crippen LogP contribution is 2.33. The van der Waals surface area contributed by atoms with Crippen molar-refractivity contribution in [2.75, 3.05) is 26.4 Å². The van der Waals surface area contributed by atoms with Gasteiger partial charge in [-0.25, -0.2) is 0 Å². The van der Waals surface area contributed by atoms with E-state index in [0.717, 1.165) is 89.9 Å².